The number of methoxy groups -OCH3 is 1. The second-order valence-corrected chi connectivity index (χ2v) is 5.54. The number of amides is 2. The van der Waals surface area contributed by atoms with Crippen molar-refractivity contribution in [1.82, 2.24) is 10.6 Å². The Morgan fingerprint density at radius 3 is 2.25 bits per heavy atom. The summed E-state index contributed by atoms with van der Waals surface area (Å²) in [4.78, 5) is 34.6. The van der Waals surface area contributed by atoms with E-state index >= 15 is 0 Å². The first-order valence-corrected chi connectivity index (χ1v) is 6.70. The third kappa shape index (κ3) is 3.85. The van der Waals surface area contributed by atoms with Crippen LogP contribution in [0, 0.1) is 5.92 Å². The number of hydrogen-bond donors (Lipinski definition) is 3. The number of rotatable bonds is 6. The van der Waals surface area contributed by atoms with Crippen LogP contribution in [0.4, 0.5) is 4.79 Å². The third-order valence-corrected chi connectivity index (χ3v) is 3.47. The molecule has 0 aromatic heterocycles. The van der Waals surface area contributed by atoms with E-state index in [4.69, 9.17) is 5.11 Å². The van der Waals surface area contributed by atoms with Crippen LogP contribution in [0.15, 0.2) is 0 Å². The lowest BCUT2D eigenvalue weighted by Crippen LogP contribution is -2.62. The van der Waals surface area contributed by atoms with Crippen LogP contribution in [0.2, 0.25) is 0 Å². The average molecular weight is 286 g/mol. The highest BCUT2D eigenvalue weighted by Gasteiger charge is 2.46. The molecule has 1 aliphatic rings. The summed E-state index contributed by atoms with van der Waals surface area (Å²) in [7, 11) is 1.25. The number of aliphatic carboxylic acids is 1. The Morgan fingerprint density at radius 2 is 1.90 bits per heavy atom. The molecule has 0 radical (unpaired) electrons. The molecule has 0 heterocycles. The maximum absolute atomic E-state index is 11.9. The SMILES string of the molecule is COC(=O)C(CC(C)C)NC(=O)NC1(C(=O)O)CCC1. The van der Waals surface area contributed by atoms with Gasteiger partial charge >= 0.3 is 18.0 Å². The minimum Gasteiger partial charge on any atom is -0.480 e. The quantitative estimate of drug-likeness (QED) is 0.629. The Morgan fingerprint density at radius 1 is 1.30 bits per heavy atom. The lowest BCUT2D eigenvalue weighted by atomic mass is 9.77. The lowest BCUT2D eigenvalue weighted by Gasteiger charge is -2.38. The largest absolute Gasteiger partial charge is 0.480 e. The van der Waals surface area contributed by atoms with Gasteiger partial charge in [-0.1, -0.05) is 13.8 Å². The molecule has 1 atom stereocenters. The smallest absolute Gasteiger partial charge is 0.329 e. The molecule has 0 aromatic carbocycles. The average Bonchev–Trinajstić information content (AvgIpc) is 2.30. The summed E-state index contributed by atoms with van der Waals surface area (Å²) >= 11 is 0. The maximum atomic E-state index is 11.9. The van der Waals surface area contributed by atoms with E-state index in [0.29, 0.717) is 19.3 Å². The first-order valence-electron chi connectivity index (χ1n) is 6.70. The van der Waals surface area contributed by atoms with Gasteiger partial charge in [-0.2, -0.15) is 0 Å². The predicted octanol–water partition coefficient (Wildman–Crippen LogP) is 0.881. The Bertz CT molecular complexity index is 390. The van der Waals surface area contributed by atoms with Crippen molar-refractivity contribution in [2.45, 2.75) is 51.1 Å². The zero-order valence-electron chi connectivity index (χ0n) is 12.1. The fourth-order valence-corrected chi connectivity index (χ4v) is 2.16. The number of carboxylic acids is 1. The molecule has 114 valence electrons. The maximum Gasteiger partial charge on any atom is 0.329 e. The van der Waals surface area contributed by atoms with Gasteiger partial charge in [0.05, 0.1) is 7.11 Å². The number of nitrogens with one attached hydrogen (secondary N) is 2. The van der Waals surface area contributed by atoms with Crippen molar-refractivity contribution >= 4 is 18.0 Å². The molecule has 0 spiro atoms. The predicted molar refractivity (Wildman–Crippen MR) is 71.1 cm³/mol. The van der Waals surface area contributed by atoms with Gasteiger partial charge in [-0.05, 0) is 31.6 Å². The van der Waals surface area contributed by atoms with Gasteiger partial charge in [-0.3, -0.25) is 0 Å². The summed E-state index contributed by atoms with van der Waals surface area (Å²) in [5, 5.41) is 14.1. The van der Waals surface area contributed by atoms with Gasteiger partial charge in [-0.15, -0.1) is 0 Å². The van der Waals surface area contributed by atoms with Gasteiger partial charge in [0.15, 0.2) is 0 Å². The van der Waals surface area contributed by atoms with Gasteiger partial charge in [-0.25, -0.2) is 14.4 Å². The number of carbonyl (C=O) groups excluding carboxylic acids is 2. The zero-order chi connectivity index (χ0) is 15.3. The summed E-state index contributed by atoms with van der Waals surface area (Å²) in [5.74, 6) is -1.39. The highest BCUT2D eigenvalue weighted by atomic mass is 16.5. The van der Waals surface area contributed by atoms with E-state index in [9.17, 15) is 14.4 Å². The highest BCUT2D eigenvalue weighted by Crippen LogP contribution is 2.31. The van der Waals surface area contributed by atoms with Crippen molar-refractivity contribution in [2.24, 2.45) is 5.92 Å². The van der Waals surface area contributed by atoms with E-state index in [-0.39, 0.29) is 5.92 Å². The molecule has 1 unspecified atom stereocenters. The lowest BCUT2D eigenvalue weighted by molar-refractivity contribution is -0.148. The van der Waals surface area contributed by atoms with Crippen molar-refractivity contribution < 1.29 is 24.2 Å². The number of carboxylic acid groups (broad SMARTS) is 1. The standard InChI is InChI=1S/C13H22N2O5/c1-8(2)7-9(10(16)20-3)14-12(19)15-13(11(17)18)5-4-6-13/h8-9H,4-7H2,1-3H3,(H,17,18)(H2,14,15,19). The summed E-state index contributed by atoms with van der Waals surface area (Å²) < 4.78 is 4.63. The normalized spacial score (nSPS) is 17.8. The van der Waals surface area contributed by atoms with E-state index in [2.05, 4.69) is 15.4 Å². The van der Waals surface area contributed by atoms with Crippen molar-refractivity contribution in [3.05, 3.63) is 0 Å². The zero-order valence-corrected chi connectivity index (χ0v) is 12.1. The number of ether oxygens (including phenoxy) is 1. The van der Waals surface area contributed by atoms with Gasteiger partial charge in [0, 0.05) is 0 Å². The van der Waals surface area contributed by atoms with Gasteiger partial charge in [0.25, 0.3) is 0 Å². The van der Waals surface area contributed by atoms with E-state index in [0.717, 1.165) is 6.42 Å². The highest BCUT2D eigenvalue weighted by molar-refractivity contribution is 5.89. The van der Waals surface area contributed by atoms with Gasteiger partial charge < -0.3 is 20.5 Å². The molecule has 1 rings (SSSR count). The van der Waals surface area contributed by atoms with Gasteiger partial charge in [0.1, 0.15) is 11.6 Å². The van der Waals surface area contributed by atoms with E-state index in [1.54, 1.807) is 0 Å². The van der Waals surface area contributed by atoms with Crippen molar-refractivity contribution in [3.8, 4) is 0 Å². The molecule has 1 aliphatic carbocycles. The molecule has 0 saturated heterocycles. The minimum atomic E-state index is -1.19. The van der Waals surface area contributed by atoms with E-state index in [1.165, 1.54) is 7.11 Å². The number of urea groups is 1. The van der Waals surface area contributed by atoms with Crippen molar-refractivity contribution in [1.29, 1.82) is 0 Å². The van der Waals surface area contributed by atoms with E-state index in [1.807, 2.05) is 13.8 Å². The van der Waals surface area contributed by atoms with Crippen LogP contribution in [0.25, 0.3) is 0 Å². The molecule has 7 nitrogen and oxygen atoms in total. The topological polar surface area (TPSA) is 105 Å². The molecule has 7 heteroatoms. The number of esters is 1. The minimum absolute atomic E-state index is 0.191. The summed E-state index contributed by atoms with van der Waals surface area (Å²) in [6, 6.07) is -1.42. The third-order valence-electron chi connectivity index (χ3n) is 3.47. The summed E-state index contributed by atoms with van der Waals surface area (Å²) in [6.45, 7) is 3.83. The first kappa shape index (κ1) is 16.3. The fraction of sp³-hybridized carbons (Fsp3) is 0.769. The first-order chi connectivity index (χ1) is 9.30. The molecule has 1 saturated carbocycles. The molecule has 3 N–H and O–H groups in total. The molecule has 0 aliphatic heterocycles. The Kier molecular flexibility index (Phi) is 5.35. The number of carbonyl (C=O) groups is 3. The van der Waals surface area contributed by atoms with Crippen LogP contribution in [-0.2, 0) is 14.3 Å². The second-order valence-electron chi connectivity index (χ2n) is 5.54. The molecular weight excluding hydrogens is 264 g/mol. The van der Waals surface area contributed by atoms with Crippen molar-refractivity contribution in [3.63, 3.8) is 0 Å². The Balaban J connectivity index is 2.62. The molecule has 1 fully saturated rings. The summed E-state index contributed by atoms with van der Waals surface area (Å²) in [5.41, 5.74) is -1.19. The van der Waals surface area contributed by atoms with Crippen LogP contribution < -0.4 is 10.6 Å². The molecule has 0 bridgehead atoms. The Labute approximate surface area is 118 Å². The second kappa shape index (κ2) is 6.58. The molecule has 2 amide bonds. The van der Waals surface area contributed by atoms with Crippen LogP contribution in [0.1, 0.15) is 39.5 Å². The molecular formula is C13H22N2O5. The Hall–Kier alpha value is -1.79. The fourth-order valence-electron chi connectivity index (χ4n) is 2.16. The van der Waals surface area contributed by atoms with Crippen molar-refractivity contribution in [2.75, 3.05) is 7.11 Å². The van der Waals surface area contributed by atoms with Crippen LogP contribution in [0.3, 0.4) is 0 Å². The van der Waals surface area contributed by atoms with Crippen LogP contribution in [0.5, 0.6) is 0 Å². The monoisotopic (exact) mass is 286 g/mol. The van der Waals surface area contributed by atoms with E-state index < -0.39 is 29.6 Å². The summed E-state index contributed by atoms with van der Waals surface area (Å²) in [6.07, 6.45) is 2.00. The van der Waals surface area contributed by atoms with Crippen LogP contribution in [-0.4, -0.2) is 41.8 Å². The molecule has 0 aromatic rings. The number of hydrogen-bond acceptors (Lipinski definition) is 4. The van der Waals surface area contributed by atoms with Crippen LogP contribution >= 0.6 is 0 Å². The van der Waals surface area contributed by atoms with Gasteiger partial charge in [0.2, 0.25) is 0 Å². The molecule has 20 heavy (non-hydrogen) atoms.